The molecule has 0 fully saturated rings. The third-order valence-electron chi connectivity index (χ3n) is 2.91. The lowest BCUT2D eigenvalue weighted by molar-refractivity contribution is 0.109. The molecule has 2 rings (SSSR count). The maximum atomic E-state index is 5.79. The SMILES string of the molecule is CC(C)(C)NCc1ccc(COCc2cccc(Br)c2)s1. The van der Waals surface area contributed by atoms with Crippen molar-refractivity contribution in [1.29, 1.82) is 0 Å². The molecule has 1 heterocycles. The zero-order valence-corrected chi connectivity index (χ0v) is 15.2. The molecule has 0 spiro atoms. The third-order valence-corrected chi connectivity index (χ3v) is 4.46. The van der Waals surface area contributed by atoms with Crippen molar-refractivity contribution < 1.29 is 4.74 Å². The van der Waals surface area contributed by atoms with Gasteiger partial charge in [-0.3, -0.25) is 0 Å². The number of hydrogen-bond acceptors (Lipinski definition) is 3. The smallest absolute Gasteiger partial charge is 0.0814 e. The number of rotatable bonds is 6. The lowest BCUT2D eigenvalue weighted by Gasteiger charge is -2.19. The Hall–Kier alpha value is -0.680. The first-order chi connectivity index (χ1) is 9.92. The van der Waals surface area contributed by atoms with E-state index in [2.05, 4.69) is 66.3 Å². The molecule has 4 heteroatoms. The zero-order valence-electron chi connectivity index (χ0n) is 12.8. The summed E-state index contributed by atoms with van der Waals surface area (Å²) in [7, 11) is 0. The minimum Gasteiger partial charge on any atom is -0.371 e. The van der Waals surface area contributed by atoms with Crippen LogP contribution in [0.4, 0.5) is 0 Å². The van der Waals surface area contributed by atoms with Crippen LogP contribution in [0.2, 0.25) is 0 Å². The molecule has 0 saturated heterocycles. The summed E-state index contributed by atoms with van der Waals surface area (Å²) in [5.41, 5.74) is 1.34. The highest BCUT2D eigenvalue weighted by atomic mass is 79.9. The van der Waals surface area contributed by atoms with Gasteiger partial charge in [-0.05, 0) is 50.6 Å². The van der Waals surface area contributed by atoms with E-state index in [-0.39, 0.29) is 5.54 Å². The molecular weight excluding hydrogens is 346 g/mol. The number of hydrogen-bond donors (Lipinski definition) is 1. The minimum atomic E-state index is 0.154. The van der Waals surface area contributed by atoms with Gasteiger partial charge in [-0.15, -0.1) is 11.3 Å². The lowest BCUT2D eigenvalue weighted by Crippen LogP contribution is -2.34. The summed E-state index contributed by atoms with van der Waals surface area (Å²) in [5, 5.41) is 3.50. The van der Waals surface area contributed by atoms with E-state index < -0.39 is 0 Å². The summed E-state index contributed by atoms with van der Waals surface area (Å²) < 4.78 is 6.88. The van der Waals surface area contributed by atoms with Gasteiger partial charge in [0.1, 0.15) is 0 Å². The van der Waals surface area contributed by atoms with E-state index in [1.54, 1.807) is 0 Å². The zero-order chi connectivity index (χ0) is 15.3. The van der Waals surface area contributed by atoms with Crippen molar-refractivity contribution in [2.75, 3.05) is 0 Å². The number of benzene rings is 1. The Morgan fingerprint density at radius 2 is 1.86 bits per heavy atom. The van der Waals surface area contributed by atoms with E-state index in [0.717, 1.165) is 11.0 Å². The van der Waals surface area contributed by atoms with Gasteiger partial charge in [0.25, 0.3) is 0 Å². The standard InChI is InChI=1S/C17H22BrNOS/c1-17(2,3)19-10-15-7-8-16(21-15)12-20-11-13-5-4-6-14(18)9-13/h4-9,19H,10-12H2,1-3H3. The summed E-state index contributed by atoms with van der Waals surface area (Å²) in [6.07, 6.45) is 0. The number of ether oxygens (including phenoxy) is 1. The van der Waals surface area contributed by atoms with E-state index >= 15 is 0 Å². The van der Waals surface area contributed by atoms with Gasteiger partial charge in [-0.25, -0.2) is 0 Å². The summed E-state index contributed by atoms with van der Waals surface area (Å²) in [5.74, 6) is 0. The molecule has 21 heavy (non-hydrogen) atoms. The second kappa shape index (κ2) is 7.54. The molecular formula is C17H22BrNOS. The number of halogens is 1. The molecule has 0 atom stereocenters. The quantitative estimate of drug-likeness (QED) is 0.765. The highest BCUT2D eigenvalue weighted by molar-refractivity contribution is 9.10. The molecule has 1 N–H and O–H groups in total. The highest BCUT2D eigenvalue weighted by Gasteiger charge is 2.09. The number of thiophene rings is 1. The molecule has 114 valence electrons. The average molecular weight is 368 g/mol. The lowest BCUT2D eigenvalue weighted by atomic mass is 10.1. The second-order valence-corrected chi connectivity index (χ2v) is 8.26. The van der Waals surface area contributed by atoms with Crippen LogP contribution in [-0.2, 0) is 24.5 Å². The van der Waals surface area contributed by atoms with Gasteiger partial charge >= 0.3 is 0 Å². The van der Waals surface area contributed by atoms with Gasteiger partial charge in [0.15, 0.2) is 0 Å². The van der Waals surface area contributed by atoms with Crippen LogP contribution in [0.15, 0.2) is 40.9 Å². The molecule has 0 amide bonds. The molecule has 2 nitrogen and oxygen atoms in total. The number of nitrogens with one attached hydrogen (secondary N) is 1. The maximum Gasteiger partial charge on any atom is 0.0814 e. The van der Waals surface area contributed by atoms with Crippen LogP contribution in [0.3, 0.4) is 0 Å². The molecule has 0 aliphatic rings. The van der Waals surface area contributed by atoms with Crippen LogP contribution in [0.1, 0.15) is 36.1 Å². The Labute approximate surface area is 139 Å². The van der Waals surface area contributed by atoms with Crippen LogP contribution in [0, 0.1) is 0 Å². The van der Waals surface area contributed by atoms with Crippen molar-refractivity contribution in [2.45, 2.75) is 46.1 Å². The van der Waals surface area contributed by atoms with Crippen LogP contribution in [0.25, 0.3) is 0 Å². The molecule has 1 aromatic carbocycles. The van der Waals surface area contributed by atoms with Crippen LogP contribution >= 0.6 is 27.3 Å². The Morgan fingerprint density at radius 3 is 2.57 bits per heavy atom. The molecule has 0 bridgehead atoms. The fraction of sp³-hybridized carbons (Fsp3) is 0.412. The Kier molecular flexibility index (Phi) is 5.99. The van der Waals surface area contributed by atoms with Gasteiger partial charge in [0.2, 0.25) is 0 Å². The fourth-order valence-electron chi connectivity index (χ4n) is 1.84. The first-order valence-corrected chi connectivity index (χ1v) is 8.68. The van der Waals surface area contributed by atoms with E-state index in [9.17, 15) is 0 Å². The third kappa shape index (κ3) is 6.30. The average Bonchev–Trinajstić information content (AvgIpc) is 2.84. The van der Waals surface area contributed by atoms with E-state index in [4.69, 9.17) is 4.74 Å². The first kappa shape index (κ1) is 16.7. The molecule has 0 aliphatic heterocycles. The minimum absolute atomic E-state index is 0.154. The topological polar surface area (TPSA) is 21.3 Å². The first-order valence-electron chi connectivity index (χ1n) is 7.07. The van der Waals surface area contributed by atoms with Crippen LogP contribution in [0.5, 0.6) is 0 Å². The highest BCUT2D eigenvalue weighted by Crippen LogP contribution is 2.19. The van der Waals surface area contributed by atoms with Gasteiger partial charge in [0.05, 0.1) is 13.2 Å². The van der Waals surface area contributed by atoms with Gasteiger partial charge < -0.3 is 10.1 Å². The monoisotopic (exact) mass is 367 g/mol. The fourth-order valence-corrected chi connectivity index (χ4v) is 3.19. The van der Waals surface area contributed by atoms with Crippen molar-refractivity contribution >= 4 is 27.3 Å². The van der Waals surface area contributed by atoms with Gasteiger partial charge in [-0.1, -0.05) is 28.1 Å². The predicted octanol–water partition coefficient (Wildman–Crippen LogP) is 5.12. The van der Waals surface area contributed by atoms with Crippen LogP contribution in [-0.4, -0.2) is 5.54 Å². The van der Waals surface area contributed by atoms with Crippen molar-refractivity contribution in [3.05, 3.63) is 56.2 Å². The van der Waals surface area contributed by atoms with Gasteiger partial charge in [-0.2, -0.15) is 0 Å². The van der Waals surface area contributed by atoms with Gasteiger partial charge in [0, 0.05) is 26.3 Å². The summed E-state index contributed by atoms with van der Waals surface area (Å²) in [6.45, 7) is 8.78. The Morgan fingerprint density at radius 1 is 1.10 bits per heavy atom. The summed E-state index contributed by atoms with van der Waals surface area (Å²) in [4.78, 5) is 2.63. The maximum absolute atomic E-state index is 5.79. The van der Waals surface area contributed by atoms with Crippen molar-refractivity contribution in [3.8, 4) is 0 Å². The van der Waals surface area contributed by atoms with Crippen molar-refractivity contribution in [2.24, 2.45) is 0 Å². The summed E-state index contributed by atoms with van der Waals surface area (Å²) >= 11 is 5.29. The normalized spacial score (nSPS) is 11.8. The molecule has 0 saturated carbocycles. The van der Waals surface area contributed by atoms with Crippen molar-refractivity contribution in [3.63, 3.8) is 0 Å². The molecule has 0 aliphatic carbocycles. The predicted molar refractivity (Wildman–Crippen MR) is 93.5 cm³/mol. The molecule has 0 unspecified atom stereocenters. The Bertz CT molecular complexity index is 574. The van der Waals surface area contributed by atoms with E-state index in [1.165, 1.54) is 15.3 Å². The Balaban J connectivity index is 1.78. The summed E-state index contributed by atoms with van der Waals surface area (Å²) in [6, 6.07) is 12.6. The van der Waals surface area contributed by atoms with E-state index in [1.807, 2.05) is 23.5 Å². The molecule has 2 aromatic rings. The van der Waals surface area contributed by atoms with E-state index in [0.29, 0.717) is 13.2 Å². The molecule has 1 aromatic heterocycles. The molecule has 0 radical (unpaired) electrons. The largest absolute Gasteiger partial charge is 0.371 e. The van der Waals surface area contributed by atoms with Crippen LogP contribution < -0.4 is 5.32 Å². The van der Waals surface area contributed by atoms with Crippen molar-refractivity contribution in [1.82, 2.24) is 5.32 Å². The second-order valence-electron chi connectivity index (χ2n) is 6.09.